The van der Waals surface area contributed by atoms with Crippen molar-refractivity contribution in [1.29, 1.82) is 0 Å². The fourth-order valence-electron chi connectivity index (χ4n) is 5.28. The third-order valence-corrected chi connectivity index (χ3v) is 6.93. The summed E-state index contributed by atoms with van der Waals surface area (Å²) in [5.41, 5.74) is 11.6. The predicted molar refractivity (Wildman–Crippen MR) is 144 cm³/mol. The van der Waals surface area contributed by atoms with Gasteiger partial charge in [0.1, 0.15) is 0 Å². The lowest BCUT2D eigenvalue weighted by Gasteiger charge is -2.20. The fourth-order valence-corrected chi connectivity index (χ4v) is 5.28. The molecule has 0 saturated carbocycles. The van der Waals surface area contributed by atoms with Crippen LogP contribution < -0.4 is 5.32 Å². The quantitative estimate of drug-likeness (QED) is 0.296. The van der Waals surface area contributed by atoms with Gasteiger partial charge in [0, 0.05) is 22.9 Å². The van der Waals surface area contributed by atoms with E-state index in [1.54, 1.807) is 0 Å². The van der Waals surface area contributed by atoms with Crippen LogP contribution in [0.25, 0.3) is 22.3 Å². The number of hydrogen-bond acceptors (Lipinski definition) is 1. The van der Waals surface area contributed by atoms with E-state index in [-0.39, 0.29) is 0 Å². The molecule has 5 aromatic rings. The number of benzene rings is 5. The van der Waals surface area contributed by atoms with Gasteiger partial charge in [-0.3, -0.25) is 0 Å². The largest absolute Gasteiger partial charge is 0.355 e. The van der Waals surface area contributed by atoms with Gasteiger partial charge in [-0.1, -0.05) is 109 Å². The molecule has 6 rings (SSSR count). The number of aryl methyl sites for hydroxylation is 1. The van der Waals surface area contributed by atoms with Crippen LogP contribution in [0.5, 0.6) is 0 Å². The third-order valence-electron chi connectivity index (χ3n) is 6.93. The number of rotatable bonds is 4. The van der Waals surface area contributed by atoms with E-state index in [0.29, 0.717) is 5.92 Å². The van der Waals surface area contributed by atoms with Crippen LogP contribution in [0.3, 0.4) is 0 Å². The standard InChI is InChI=1S/C33H27N/c1-3-11-24(12-4-1)29-21-19-26-15-7-8-16-28(26)32-23-27(20-22-31(29)32)34-33-18-10-9-17-30(33)25-13-5-2-6-14-25/h1-18,20,22-23,29,34H,19,21H2. The summed E-state index contributed by atoms with van der Waals surface area (Å²) < 4.78 is 0. The molecule has 0 fully saturated rings. The zero-order valence-corrected chi connectivity index (χ0v) is 19.1. The topological polar surface area (TPSA) is 12.0 Å². The van der Waals surface area contributed by atoms with Crippen LogP contribution >= 0.6 is 0 Å². The summed E-state index contributed by atoms with van der Waals surface area (Å²) in [7, 11) is 0. The molecule has 0 radical (unpaired) electrons. The minimum atomic E-state index is 0.397. The van der Waals surface area contributed by atoms with Gasteiger partial charge in [-0.25, -0.2) is 0 Å². The maximum absolute atomic E-state index is 3.73. The van der Waals surface area contributed by atoms with Crippen LogP contribution in [0.4, 0.5) is 11.4 Å². The second kappa shape index (κ2) is 9.03. The molecule has 1 aliphatic rings. The maximum Gasteiger partial charge on any atom is 0.0463 e. The Morgan fingerprint density at radius 3 is 2.06 bits per heavy atom. The highest BCUT2D eigenvalue weighted by Crippen LogP contribution is 2.43. The summed E-state index contributed by atoms with van der Waals surface area (Å²) in [5.74, 6) is 0.397. The smallest absolute Gasteiger partial charge is 0.0463 e. The average Bonchev–Trinajstić information content (AvgIpc) is 3.07. The second-order valence-corrected chi connectivity index (χ2v) is 9.00. The summed E-state index contributed by atoms with van der Waals surface area (Å²) in [6, 6.07) is 45.9. The lowest BCUT2D eigenvalue weighted by Crippen LogP contribution is -2.03. The molecule has 1 atom stereocenters. The van der Waals surface area contributed by atoms with E-state index in [0.717, 1.165) is 24.2 Å². The van der Waals surface area contributed by atoms with Crippen molar-refractivity contribution >= 4 is 11.4 Å². The van der Waals surface area contributed by atoms with Crippen molar-refractivity contribution < 1.29 is 0 Å². The molecule has 5 aromatic carbocycles. The van der Waals surface area contributed by atoms with E-state index in [9.17, 15) is 0 Å². The Morgan fingerprint density at radius 1 is 0.559 bits per heavy atom. The zero-order chi connectivity index (χ0) is 22.7. The van der Waals surface area contributed by atoms with Crippen molar-refractivity contribution in [1.82, 2.24) is 0 Å². The van der Waals surface area contributed by atoms with Crippen molar-refractivity contribution in [3.63, 3.8) is 0 Å². The Balaban J connectivity index is 1.45. The van der Waals surface area contributed by atoms with E-state index in [1.165, 1.54) is 38.9 Å². The number of nitrogens with one attached hydrogen (secondary N) is 1. The predicted octanol–water partition coefficient (Wildman–Crippen LogP) is 8.84. The molecule has 0 amide bonds. The summed E-state index contributed by atoms with van der Waals surface area (Å²) in [4.78, 5) is 0. The Bertz CT molecular complexity index is 1420. The van der Waals surface area contributed by atoms with Crippen molar-refractivity contribution in [3.8, 4) is 22.3 Å². The molecule has 1 aliphatic carbocycles. The van der Waals surface area contributed by atoms with Crippen molar-refractivity contribution in [3.05, 3.63) is 144 Å². The molecular formula is C33H27N. The van der Waals surface area contributed by atoms with Crippen molar-refractivity contribution in [2.24, 2.45) is 0 Å². The summed E-state index contributed by atoms with van der Waals surface area (Å²) in [6.07, 6.45) is 2.21. The first-order chi connectivity index (χ1) is 16.9. The highest BCUT2D eigenvalue weighted by molar-refractivity contribution is 5.83. The van der Waals surface area contributed by atoms with Gasteiger partial charge in [0.2, 0.25) is 0 Å². The van der Waals surface area contributed by atoms with Crippen LogP contribution in [0.2, 0.25) is 0 Å². The Labute approximate surface area is 201 Å². The summed E-state index contributed by atoms with van der Waals surface area (Å²) in [5, 5.41) is 3.73. The second-order valence-electron chi connectivity index (χ2n) is 9.00. The van der Waals surface area contributed by atoms with E-state index in [2.05, 4.69) is 133 Å². The molecule has 1 heteroatoms. The zero-order valence-electron chi connectivity index (χ0n) is 19.1. The highest BCUT2D eigenvalue weighted by Gasteiger charge is 2.23. The van der Waals surface area contributed by atoms with Gasteiger partial charge in [-0.05, 0) is 64.4 Å². The first-order valence-corrected chi connectivity index (χ1v) is 12.1. The van der Waals surface area contributed by atoms with Gasteiger partial charge in [-0.15, -0.1) is 0 Å². The van der Waals surface area contributed by atoms with Crippen LogP contribution in [-0.2, 0) is 6.42 Å². The summed E-state index contributed by atoms with van der Waals surface area (Å²) >= 11 is 0. The molecule has 0 heterocycles. The first kappa shape index (κ1) is 20.5. The Morgan fingerprint density at radius 2 is 1.24 bits per heavy atom. The van der Waals surface area contributed by atoms with Gasteiger partial charge < -0.3 is 5.32 Å². The molecule has 1 N–H and O–H groups in total. The van der Waals surface area contributed by atoms with Crippen LogP contribution in [0.15, 0.2) is 127 Å². The molecular weight excluding hydrogens is 410 g/mol. The maximum atomic E-state index is 3.73. The molecule has 0 aliphatic heterocycles. The monoisotopic (exact) mass is 437 g/mol. The van der Waals surface area contributed by atoms with Crippen LogP contribution in [0.1, 0.15) is 29.0 Å². The Hall–Kier alpha value is -4.10. The molecule has 0 spiro atoms. The number of anilines is 2. The SMILES string of the molecule is c1ccc(-c2ccccc2Nc2ccc3c(c2)-c2ccccc2CCC3c2ccccc2)cc1. The van der Waals surface area contributed by atoms with Gasteiger partial charge >= 0.3 is 0 Å². The summed E-state index contributed by atoms with van der Waals surface area (Å²) in [6.45, 7) is 0. The lowest BCUT2D eigenvalue weighted by atomic mass is 9.85. The van der Waals surface area contributed by atoms with Crippen LogP contribution in [0, 0.1) is 0 Å². The van der Waals surface area contributed by atoms with Crippen LogP contribution in [-0.4, -0.2) is 0 Å². The third kappa shape index (κ3) is 3.91. The van der Waals surface area contributed by atoms with Crippen molar-refractivity contribution in [2.75, 3.05) is 5.32 Å². The Kier molecular flexibility index (Phi) is 5.45. The average molecular weight is 438 g/mol. The molecule has 1 unspecified atom stereocenters. The minimum absolute atomic E-state index is 0.397. The number of fused-ring (bicyclic) bond motifs is 3. The van der Waals surface area contributed by atoms with Gasteiger partial charge in [0.05, 0.1) is 0 Å². The highest BCUT2D eigenvalue weighted by atomic mass is 14.9. The number of hydrogen-bond donors (Lipinski definition) is 1. The molecule has 34 heavy (non-hydrogen) atoms. The fraction of sp³-hybridized carbons (Fsp3) is 0.0909. The normalized spacial score (nSPS) is 14.5. The molecule has 164 valence electrons. The molecule has 0 bridgehead atoms. The van der Waals surface area contributed by atoms with E-state index >= 15 is 0 Å². The molecule has 0 saturated heterocycles. The van der Waals surface area contributed by atoms with E-state index < -0.39 is 0 Å². The molecule has 1 nitrogen and oxygen atoms in total. The lowest BCUT2D eigenvalue weighted by molar-refractivity contribution is 0.726. The first-order valence-electron chi connectivity index (χ1n) is 12.1. The number of para-hydroxylation sites is 1. The minimum Gasteiger partial charge on any atom is -0.355 e. The van der Waals surface area contributed by atoms with Gasteiger partial charge in [-0.2, -0.15) is 0 Å². The van der Waals surface area contributed by atoms with Crippen molar-refractivity contribution in [2.45, 2.75) is 18.8 Å². The molecule has 0 aromatic heterocycles. The van der Waals surface area contributed by atoms with E-state index in [1.807, 2.05) is 0 Å². The van der Waals surface area contributed by atoms with E-state index in [4.69, 9.17) is 0 Å². The van der Waals surface area contributed by atoms with Gasteiger partial charge in [0.25, 0.3) is 0 Å². The van der Waals surface area contributed by atoms with Gasteiger partial charge in [0.15, 0.2) is 0 Å².